The number of nitrogens with zero attached hydrogens (tertiary/aromatic N) is 3. The van der Waals surface area contributed by atoms with Crippen LogP contribution in [-0.4, -0.2) is 39.0 Å². The van der Waals surface area contributed by atoms with E-state index in [9.17, 15) is 4.79 Å². The van der Waals surface area contributed by atoms with Crippen molar-refractivity contribution in [3.8, 4) is 0 Å². The van der Waals surface area contributed by atoms with Gasteiger partial charge in [0, 0.05) is 38.1 Å². The highest BCUT2D eigenvalue weighted by Gasteiger charge is 2.27. The number of rotatable bonds is 4. The summed E-state index contributed by atoms with van der Waals surface area (Å²) in [7, 11) is 0. The molecule has 1 amide bonds. The maximum atomic E-state index is 11.8. The van der Waals surface area contributed by atoms with E-state index in [1.54, 1.807) is 6.20 Å². The molecule has 1 fully saturated rings. The summed E-state index contributed by atoms with van der Waals surface area (Å²) in [5.74, 6) is 1.48. The second kappa shape index (κ2) is 5.25. The molecule has 100 valence electrons. The Labute approximate surface area is 117 Å². The first kappa shape index (κ1) is 12.5. The lowest BCUT2D eigenvalue weighted by Crippen LogP contribution is -2.27. The highest BCUT2D eigenvalue weighted by molar-refractivity contribution is 7.80. The van der Waals surface area contributed by atoms with Crippen molar-refractivity contribution in [2.75, 3.05) is 18.8 Å². The zero-order valence-electron chi connectivity index (χ0n) is 10.7. The summed E-state index contributed by atoms with van der Waals surface area (Å²) in [4.78, 5) is 18.0. The average molecular weight is 275 g/mol. The molecule has 0 radical (unpaired) electrons. The van der Waals surface area contributed by atoms with Crippen molar-refractivity contribution in [1.29, 1.82) is 0 Å². The summed E-state index contributed by atoms with van der Waals surface area (Å²) in [6.07, 6.45) is 7.36. The molecule has 0 bridgehead atoms. The third-order valence-electron chi connectivity index (χ3n) is 3.67. The van der Waals surface area contributed by atoms with Gasteiger partial charge in [-0.2, -0.15) is 12.6 Å². The summed E-state index contributed by atoms with van der Waals surface area (Å²) >= 11 is 4.28. The van der Waals surface area contributed by atoms with Gasteiger partial charge in [-0.25, -0.2) is 4.98 Å². The van der Waals surface area contributed by atoms with Crippen LogP contribution in [0.25, 0.3) is 5.65 Å². The number of pyridine rings is 1. The number of hydrogen-bond acceptors (Lipinski definition) is 3. The number of thiol groups is 1. The van der Waals surface area contributed by atoms with Crippen molar-refractivity contribution in [3.63, 3.8) is 0 Å². The van der Waals surface area contributed by atoms with Crippen molar-refractivity contribution in [2.24, 2.45) is 5.92 Å². The Morgan fingerprint density at radius 2 is 2.32 bits per heavy atom. The van der Waals surface area contributed by atoms with Crippen molar-refractivity contribution in [3.05, 3.63) is 36.3 Å². The number of carbonyl (C=O) groups excluding carboxylic acids is 1. The lowest BCUT2D eigenvalue weighted by atomic mass is 10.1. The van der Waals surface area contributed by atoms with Crippen LogP contribution in [0.15, 0.2) is 30.7 Å². The number of likely N-dealkylation sites (tertiary alicyclic amines) is 1. The molecule has 5 heteroatoms. The molecule has 4 nitrogen and oxygen atoms in total. The highest BCUT2D eigenvalue weighted by Crippen LogP contribution is 2.19. The van der Waals surface area contributed by atoms with Crippen molar-refractivity contribution in [2.45, 2.75) is 12.8 Å². The Kier molecular flexibility index (Phi) is 3.46. The molecule has 19 heavy (non-hydrogen) atoms. The minimum absolute atomic E-state index is 0.266. The van der Waals surface area contributed by atoms with E-state index in [0.29, 0.717) is 12.3 Å². The lowest BCUT2D eigenvalue weighted by Gasteiger charge is -2.16. The third kappa shape index (κ3) is 2.61. The van der Waals surface area contributed by atoms with Crippen molar-refractivity contribution in [1.82, 2.24) is 14.3 Å². The van der Waals surface area contributed by atoms with Crippen LogP contribution in [-0.2, 0) is 11.2 Å². The molecule has 0 N–H and O–H groups in total. The molecule has 1 aliphatic heterocycles. The van der Waals surface area contributed by atoms with E-state index in [1.165, 1.54) is 5.56 Å². The second-order valence-electron chi connectivity index (χ2n) is 5.07. The lowest BCUT2D eigenvalue weighted by molar-refractivity contribution is -0.127. The van der Waals surface area contributed by atoms with Crippen LogP contribution in [0.4, 0.5) is 0 Å². The first-order valence-corrected chi connectivity index (χ1v) is 7.20. The Hall–Kier alpha value is -1.49. The molecule has 0 aromatic carbocycles. The largest absolute Gasteiger partial charge is 0.342 e. The van der Waals surface area contributed by atoms with Gasteiger partial charge in [0.05, 0.1) is 0 Å². The molecule has 0 spiro atoms. The van der Waals surface area contributed by atoms with E-state index < -0.39 is 0 Å². The van der Waals surface area contributed by atoms with Crippen LogP contribution in [0.2, 0.25) is 0 Å². The van der Waals surface area contributed by atoms with Crippen LogP contribution < -0.4 is 0 Å². The van der Waals surface area contributed by atoms with E-state index in [1.807, 2.05) is 21.6 Å². The van der Waals surface area contributed by atoms with Gasteiger partial charge < -0.3 is 9.30 Å². The monoisotopic (exact) mass is 275 g/mol. The summed E-state index contributed by atoms with van der Waals surface area (Å²) in [6.45, 7) is 1.65. The molecule has 0 aliphatic carbocycles. The zero-order chi connectivity index (χ0) is 13.2. The number of carbonyl (C=O) groups is 1. The van der Waals surface area contributed by atoms with Gasteiger partial charge in [-0.15, -0.1) is 0 Å². The van der Waals surface area contributed by atoms with Gasteiger partial charge in [0.25, 0.3) is 0 Å². The summed E-state index contributed by atoms with van der Waals surface area (Å²) in [6, 6.07) is 4.09. The third-order valence-corrected chi connectivity index (χ3v) is 4.19. The normalized spacial score (nSPS) is 19.5. The first-order chi connectivity index (χ1) is 9.26. The van der Waals surface area contributed by atoms with Gasteiger partial charge in [0.2, 0.25) is 5.91 Å². The predicted molar refractivity (Wildman–Crippen MR) is 77.4 cm³/mol. The second-order valence-corrected chi connectivity index (χ2v) is 5.44. The molecule has 1 saturated heterocycles. The SMILES string of the molecule is O=C1CC(CS)CN1CCc1ccc2nccn2c1. The van der Waals surface area contributed by atoms with E-state index in [-0.39, 0.29) is 5.91 Å². The number of fused-ring (bicyclic) bond motifs is 1. The Balaban J connectivity index is 1.64. The minimum Gasteiger partial charge on any atom is -0.342 e. The number of amides is 1. The Morgan fingerprint density at radius 1 is 1.42 bits per heavy atom. The van der Waals surface area contributed by atoms with E-state index >= 15 is 0 Å². The molecule has 3 rings (SSSR count). The van der Waals surface area contributed by atoms with Crippen LogP contribution in [0.1, 0.15) is 12.0 Å². The van der Waals surface area contributed by atoms with Gasteiger partial charge in [-0.05, 0) is 29.7 Å². The Morgan fingerprint density at radius 3 is 3.11 bits per heavy atom. The first-order valence-electron chi connectivity index (χ1n) is 6.56. The molecular formula is C14H17N3OS. The molecule has 1 aliphatic rings. The van der Waals surface area contributed by atoms with Gasteiger partial charge in [0.1, 0.15) is 5.65 Å². The number of aromatic nitrogens is 2. The maximum Gasteiger partial charge on any atom is 0.222 e. The van der Waals surface area contributed by atoms with Crippen LogP contribution in [0.3, 0.4) is 0 Å². The molecular weight excluding hydrogens is 258 g/mol. The fraction of sp³-hybridized carbons (Fsp3) is 0.429. The quantitative estimate of drug-likeness (QED) is 0.862. The molecule has 3 heterocycles. The minimum atomic E-state index is 0.266. The van der Waals surface area contributed by atoms with Gasteiger partial charge in [0.15, 0.2) is 0 Å². The van der Waals surface area contributed by atoms with Gasteiger partial charge in [-0.3, -0.25) is 4.79 Å². The van der Waals surface area contributed by atoms with Crippen molar-refractivity contribution < 1.29 is 4.79 Å². The summed E-state index contributed by atoms with van der Waals surface area (Å²) in [5.41, 5.74) is 2.18. The standard InChI is InChI=1S/C14H17N3OS/c18-14-7-12(10-19)9-17(14)5-3-11-1-2-13-15-4-6-16(13)8-11/h1-2,4,6,8,12,19H,3,5,7,9-10H2. The van der Waals surface area contributed by atoms with E-state index in [4.69, 9.17) is 0 Å². The highest BCUT2D eigenvalue weighted by atomic mass is 32.1. The summed E-state index contributed by atoms with van der Waals surface area (Å²) < 4.78 is 2.01. The zero-order valence-corrected chi connectivity index (χ0v) is 11.6. The Bertz CT molecular complexity index is 595. The molecule has 1 atom stereocenters. The van der Waals surface area contributed by atoms with Crippen LogP contribution in [0.5, 0.6) is 0 Å². The van der Waals surface area contributed by atoms with E-state index in [0.717, 1.165) is 30.9 Å². The summed E-state index contributed by atoms with van der Waals surface area (Å²) in [5, 5.41) is 0. The fourth-order valence-electron chi connectivity index (χ4n) is 2.57. The molecule has 1 unspecified atom stereocenters. The van der Waals surface area contributed by atoms with E-state index in [2.05, 4.69) is 29.9 Å². The predicted octanol–water partition coefficient (Wildman–Crippen LogP) is 1.66. The fourth-order valence-corrected chi connectivity index (χ4v) is 2.81. The smallest absolute Gasteiger partial charge is 0.222 e. The topological polar surface area (TPSA) is 37.6 Å². The average Bonchev–Trinajstić information content (AvgIpc) is 3.02. The van der Waals surface area contributed by atoms with Crippen LogP contribution in [0, 0.1) is 5.92 Å². The van der Waals surface area contributed by atoms with Gasteiger partial charge >= 0.3 is 0 Å². The molecule has 2 aromatic rings. The van der Waals surface area contributed by atoms with Crippen LogP contribution >= 0.6 is 12.6 Å². The molecule has 0 saturated carbocycles. The molecule has 2 aromatic heterocycles. The van der Waals surface area contributed by atoms with Crippen molar-refractivity contribution >= 4 is 24.2 Å². The van der Waals surface area contributed by atoms with Gasteiger partial charge in [-0.1, -0.05) is 6.07 Å². The number of hydrogen-bond donors (Lipinski definition) is 1. The maximum absolute atomic E-state index is 11.8. The number of imidazole rings is 1.